The second kappa shape index (κ2) is 9.45. The molecule has 2 aliphatic rings. The molecule has 1 aromatic carbocycles. The SMILES string of the molecule is C[N+]1(CCc2ccncn2)CCCC1COC(=O)C(O)(c1ccccc1)C1CCCC1. The molecule has 0 bridgehead atoms. The summed E-state index contributed by atoms with van der Waals surface area (Å²) in [5, 5.41) is 11.6. The minimum Gasteiger partial charge on any atom is -0.457 e. The van der Waals surface area contributed by atoms with Crippen molar-refractivity contribution in [3.8, 4) is 0 Å². The first-order chi connectivity index (χ1) is 15.0. The summed E-state index contributed by atoms with van der Waals surface area (Å²) < 4.78 is 6.74. The van der Waals surface area contributed by atoms with E-state index in [1.807, 2.05) is 36.4 Å². The van der Waals surface area contributed by atoms with Gasteiger partial charge in [0.15, 0.2) is 5.60 Å². The van der Waals surface area contributed by atoms with Crippen LogP contribution in [0.15, 0.2) is 48.9 Å². The molecule has 2 aromatic rings. The van der Waals surface area contributed by atoms with Crippen molar-refractivity contribution in [3.63, 3.8) is 0 Å². The van der Waals surface area contributed by atoms with Crippen molar-refractivity contribution in [3.05, 3.63) is 60.2 Å². The number of nitrogens with zero attached hydrogens (tertiary/aromatic N) is 3. The fourth-order valence-corrected chi connectivity index (χ4v) is 5.41. The molecule has 1 N–H and O–H groups in total. The van der Waals surface area contributed by atoms with Crippen LogP contribution in [0.25, 0.3) is 0 Å². The highest BCUT2D eigenvalue weighted by Gasteiger charge is 2.48. The third-order valence-electron chi connectivity index (χ3n) is 7.49. The van der Waals surface area contributed by atoms with Gasteiger partial charge in [-0.2, -0.15) is 0 Å². The molecule has 4 rings (SSSR count). The van der Waals surface area contributed by atoms with Crippen LogP contribution >= 0.6 is 0 Å². The molecule has 6 heteroatoms. The highest BCUT2D eigenvalue weighted by atomic mass is 16.6. The Morgan fingerprint density at radius 3 is 2.65 bits per heavy atom. The van der Waals surface area contributed by atoms with Gasteiger partial charge in [0, 0.05) is 37.1 Å². The molecule has 0 spiro atoms. The lowest BCUT2D eigenvalue weighted by Crippen LogP contribution is -2.52. The van der Waals surface area contributed by atoms with Crippen molar-refractivity contribution in [2.24, 2.45) is 5.92 Å². The van der Waals surface area contributed by atoms with Crippen molar-refractivity contribution in [2.75, 3.05) is 26.7 Å². The van der Waals surface area contributed by atoms with Crippen LogP contribution in [0.4, 0.5) is 0 Å². The fraction of sp³-hybridized carbons (Fsp3) is 0.560. The number of rotatable bonds is 8. The van der Waals surface area contributed by atoms with Gasteiger partial charge in [0.2, 0.25) is 0 Å². The summed E-state index contributed by atoms with van der Waals surface area (Å²) in [6, 6.07) is 11.5. The lowest BCUT2D eigenvalue weighted by molar-refractivity contribution is -0.921. The minimum atomic E-state index is -1.55. The van der Waals surface area contributed by atoms with E-state index in [0.29, 0.717) is 12.2 Å². The summed E-state index contributed by atoms with van der Waals surface area (Å²) in [7, 11) is 2.24. The Labute approximate surface area is 184 Å². The molecule has 1 saturated heterocycles. The van der Waals surface area contributed by atoms with Gasteiger partial charge in [-0.3, -0.25) is 0 Å². The van der Waals surface area contributed by atoms with E-state index in [-0.39, 0.29) is 12.0 Å². The van der Waals surface area contributed by atoms with Gasteiger partial charge in [-0.15, -0.1) is 0 Å². The van der Waals surface area contributed by atoms with Crippen LogP contribution < -0.4 is 0 Å². The molecule has 31 heavy (non-hydrogen) atoms. The van der Waals surface area contributed by atoms with E-state index in [0.717, 1.165) is 68.2 Å². The zero-order chi connectivity index (χ0) is 21.7. The van der Waals surface area contributed by atoms with Crippen molar-refractivity contribution >= 4 is 5.97 Å². The number of aliphatic hydroxyl groups is 1. The second-order valence-electron chi connectivity index (χ2n) is 9.39. The third kappa shape index (κ3) is 4.65. The van der Waals surface area contributed by atoms with Crippen LogP contribution in [0.1, 0.15) is 49.8 Å². The minimum absolute atomic E-state index is 0.0791. The van der Waals surface area contributed by atoms with E-state index >= 15 is 0 Å². The Morgan fingerprint density at radius 1 is 1.16 bits per heavy atom. The van der Waals surface area contributed by atoms with Crippen LogP contribution in [0.2, 0.25) is 0 Å². The van der Waals surface area contributed by atoms with E-state index in [1.54, 1.807) is 12.5 Å². The number of hydrogen-bond acceptors (Lipinski definition) is 5. The molecular formula is C25H34N3O3+. The standard InChI is InChI=1S/C25H34N3O3/c1-28(17-14-22-13-15-26-19-27-22)16-7-12-23(28)18-31-24(29)25(30,21-10-5-6-11-21)20-8-3-2-4-9-20/h2-4,8-9,13,15,19,21,23,30H,5-7,10-12,14,16-18H2,1H3/q+1. The third-order valence-corrected chi connectivity index (χ3v) is 7.49. The van der Waals surface area contributed by atoms with Gasteiger partial charge in [0.05, 0.1) is 20.1 Å². The highest BCUT2D eigenvalue weighted by molar-refractivity contribution is 5.81. The molecule has 0 radical (unpaired) electrons. The number of carbonyl (C=O) groups is 1. The lowest BCUT2D eigenvalue weighted by atomic mass is 9.80. The van der Waals surface area contributed by atoms with Gasteiger partial charge in [-0.05, 0) is 24.5 Å². The van der Waals surface area contributed by atoms with Gasteiger partial charge >= 0.3 is 5.97 Å². The van der Waals surface area contributed by atoms with Gasteiger partial charge < -0.3 is 14.3 Å². The van der Waals surface area contributed by atoms with Crippen LogP contribution in [0.3, 0.4) is 0 Å². The Morgan fingerprint density at radius 2 is 1.94 bits per heavy atom. The quantitative estimate of drug-likeness (QED) is 0.520. The van der Waals surface area contributed by atoms with Crippen molar-refractivity contribution in [1.29, 1.82) is 0 Å². The predicted molar refractivity (Wildman–Crippen MR) is 118 cm³/mol. The van der Waals surface area contributed by atoms with Crippen LogP contribution in [-0.4, -0.2) is 58.3 Å². The predicted octanol–water partition coefficient (Wildman–Crippen LogP) is 3.25. The molecule has 2 heterocycles. The molecule has 2 fully saturated rings. The lowest BCUT2D eigenvalue weighted by Gasteiger charge is -2.37. The maximum Gasteiger partial charge on any atom is 0.343 e. The summed E-state index contributed by atoms with van der Waals surface area (Å²) >= 11 is 0. The highest BCUT2D eigenvalue weighted by Crippen LogP contribution is 2.41. The van der Waals surface area contributed by atoms with E-state index in [9.17, 15) is 9.90 Å². The van der Waals surface area contributed by atoms with Crippen molar-refractivity contribution in [1.82, 2.24) is 9.97 Å². The molecular weight excluding hydrogens is 390 g/mol. The number of likely N-dealkylation sites (tertiary alicyclic amines) is 1. The normalized spacial score (nSPS) is 25.9. The fourth-order valence-electron chi connectivity index (χ4n) is 5.41. The van der Waals surface area contributed by atoms with E-state index in [1.165, 1.54) is 0 Å². The Balaban J connectivity index is 1.43. The average molecular weight is 425 g/mol. The molecule has 1 aliphatic carbocycles. The van der Waals surface area contributed by atoms with Gasteiger partial charge in [-0.25, -0.2) is 14.8 Å². The Bertz CT molecular complexity index is 857. The molecule has 3 unspecified atom stereocenters. The largest absolute Gasteiger partial charge is 0.457 e. The summed E-state index contributed by atoms with van der Waals surface area (Å²) in [5.41, 5.74) is 0.136. The van der Waals surface area contributed by atoms with Crippen molar-refractivity contribution in [2.45, 2.75) is 56.6 Å². The summed E-state index contributed by atoms with van der Waals surface area (Å²) in [5.74, 6) is -0.565. The molecule has 1 aliphatic heterocycles. The first-order valence-electron chi connectivity index (χ1n) is 11.6. The zero-order valence-electron chi connectivity index (χ0n) is 18.4. The molecule has 166 valence electrons. The Hall–Kier alpha value is -2.31. The number of hydrogen-bond donors (Lipinski definition) is 1. The number of ether oxygens (including phenoxy) is 1. The molecule has 1 saturated carbocycles. The summed E-state index contributed by atoms with van der Waals surface area (Å²) in [6.45, 7) is 2.37. The second-order valence-corrected chi connectivity index (χ2v) is 9.39. The number of aromatic nitrogens is 2. The van der Waals surface area contributed by atoms with Crippen LogP contribution in [0.5, 0.6) is 0 Å². The summed E-state index contributed by atoms with van der Waals surface area (Å²) in [4.78, 5) is 21.6. The van der Waals surface area contributed by atoms with Crippen LogP contribution in [-0.2, 0) is 21.6 Å². The molecule has 1 aromatic heterocycles. The summed E-state index contributed by atoms with van der Waals surface area (Å²) in [6.07, 6.45) is 10.2. The van der Waals surface area contributed by atoms with E-state index < -0.39 is 11.6 Å². The first-order valence-corrected chi connectivity index (χ1v) is 11.6. The number of quaternary nitrogens is 1. The van der Waals surface area contributed by atoms with Gasteiger partial charge in [0.25, 0.3) is 0 Å². The maximum atomic E-state index is 13.3. The number of carbonyl (C=O) groups excluding carboxylic acids is 1. The topological polar surface area (TPSA) is 72.3 Å². The van der Waals surface area contributed by atoms with Gasteiger partial charge in [-0.1, -0.05) is 43.2 Å². The first kappa shape index (κ1) is 21.9. The smallest absolute Gasteiger partial charge is 0.343 e. The van der Waals surface area contributed by atoms with E-state index in [2.05, 4.69) is 17.0 Å². The number of benzene rings is 1. The zero-order valence-corrected chi connectivity index (χ0v) is 18.4. The van der Waals surface area contributed by atoms with Crippen molar-refractivity contribution < 1.29 is 19.1 Å². The average Bonchev–Trinajstić information content (AvgIpc) is 3.48. The number of likely N-dealkylation sites (N-methyl/N-ethyl adjacent to an activating group) is 1. The van der Waals surface area contributed by atoms with E-state index in [4.69, 9.17) is 4.74 Å². The van der Waals surface area contributed by atoms with Gasteiger partial charge in [0.1, 0.15) is 19.0 Å². The Kier molecular flexibility index (Phi) is 6.68. The number of esters is 1. The molecule has 6 nitrogen and oxygen atoms in total. The van der Waals surface area contributed by atoms with Crippen LogP contribution in [0, 0.1) is 5.92 Å². The monoisotopic (exact) mass is 424 g/mol. The molecule has 0 amide bonds. The maximum absolute atomic E-state index is 13.3. The molecule has 3 atom stereocenters.